The fourth-order valence-corrected chi connectivity index (χ4v) is 3.57. The molecule has 0 aromatic carbocycles. The summed E-state index contributed by atoms with van der Waals surface area (Å²) in [6.45, 7) is -1.09. The predicted octanol–water partition coefficient (Wildman–Crippen LogP) is -2.70. The number of sulfonamides is 1. The summed E-state index contributed by atoms with van der Waals surface area (Å²) in [5.74, 6) is -1.08. The summed E-state index contributed by atoms with van der Waals surface area (Å²) in [5, 5.41) is 17.2. The van der Waals surface area contributed by atoms with Crippen LogP contribution in [0.25, 0.3) is 0 Å². The lowest BCUT2D eigenvalue weighted by Crippen LogP contribution is -2.42. The minimum Gasteiger partial charge on any atom is -0.395 e. The highest BCUT2D eigenvalue weighted by atomic mass is 32.2. The molecule has 0 amide bonds. The van der Waals surface area contributed by atoms with Gasteiger partial charge in [-0.3, -0.25) is 0 Å². The van der Waals surface area contributed by atoms with Gasteiger partial charge in [0.05, 0.1) is 30.8 Å². The van der Waals surface area contributed by atoms with Crippen molar-refractivity contribution in [3.63, 3.8) is 0 Å². The smallest absolute Gasteiger partial charge is 0.213 e. The molecular weight excluding hydrogens is 246 g/mol. The summed E-state index contributed by atoms with van der Waals surface area (Å²) < 4.78 is 45.8. The maximum absolute atomic E-state index is 11.2. The molecule has 0 aliphatic heterocycles. The molecule has 0 rings (SSSR count). The van der Waals surface area contributed by atoms with Crippen LogP contribution in [0.5, 0.6) is 0 Å². The molecule has 15 heavy (non-hydrogen) atoms. The molecule has 0 saturated heterocycles. The molecule has 0 aromatic rings. The van der Waals surface area contributed by atoms with E-state index in [1.807, 2.05) is 4.72 Å². The summed E-state index contributed by atoms with van der Waals surface area (Å²) in [5.41, 5.74) is 0. The molecule has 0 bridgehead atoms. The van der Waals surface area contributed by atoms with Crippen molar-refractivity contribution >= 4 is 19.9 Å². The second-order valence-corrected chi connectivity index (χ2v) is 7.26. The summed E-state index contributed by atoms with van der Waals surface area (Å²) in [4.78, 5) is 0. The van der Waals surface area contributed by atoms with Crippen LogP contribution in [0.1, 0.15) is 0 Å². The van der Waals surface area contributed by atoms with E-state index in [1.165, 1.54) is 0 Å². The Hall–Kier alpha value is -0.220. The van der Waals surface area contributed by atoms with Crippen LogP contribution in [0.4, 0.5) is 0 Å². The summed E-state index contributed by atoms with van der Waals surface area (Å²) >= 11 is 0. The van der Waals surface area contributed by atoms with Gasteiger partial charge in [0, 0.05) is 6.26 Å². The standard InChI is InChI=1S/C6H15NO6S2/c1-14(10,11)2-3-15(12,13)7-6(4-8)5-9/h6-9H,2-5H2,1H3. The van der Waals surface area contributed by atoms with Crippen molar-refractivity contribution in [2.24, 2.45) is 0 Å². The molecule has 0 radical (unpaired) electrons. The highest BCUT2D eigenvalue weighted by Gasteiger charge is 2.18. The molecule has 0 unspecified atom stereocenters. The number of hydrogen-bond donors (Lipinski definition) is 3. The van der Waals surface area contributed by atoms with Gasteiger partial charge >= 0.3 is 0 Å². The number of hydrogen-bond acceptors (Lipinski definition) is 6. The molecule has 0 spiro atoms. The number of rotatable bonds is 7. The molecule has 0 atom stereocenters. The number of aliphatic hydroxyl groups excluding tert-OH is 2. The Kier molecular flexibility index (Phi) is 5.67. The monoisotopic (exact) mass is 261 g/mol. The first-order valence-electron chi connectivity index (χ1n) is 4.09. The number of sulfone groups is 1. The normalized spacial score (nSPS) is 13.3. The van der Waals surface area contributed by atoms with Crippen LogP contribution in [-0.2, 0) is 19.9 Å². The summed E-state index contributed by atoms with van der Waals surface area (Å²) in [6, 6.07) is -0.991. The van der Waals surface area contributed by atoms with Crippen LogP contribution >= 0.6 is 0 Å². The fraction of sp³-hybridized carbons (Fsp3) is 1.00. The molecular formula is C6H15NO6S2. The van der Waals surface area contributed by atoms with E-state index in [2.05, 4.69) is 0 Å². The third-order valence-electron chi connectivity index (χ3n) is 1.51. The van der Waals surface area contributed by atoms with Gasteiger partial charge in [0.1, 0.15) is 9.84 Å². The van der Waals surface area contributed by atoms with Crippen LogP contribution in [0.2, 0.25) is 0 Å². The van der Waals surface area contributed by atoms with Gasteiger partial charge in [0.2, 0.25) is 10.0 Å². The molecule has 9 heteroatoms. The lowest BCUT2D eigenvalue weighted by Gasteiger charge is -2.13. The molecule has 0 fully saturated rings. The summed E-state index contributed by atoms with van der Waals surface area (Å²) in [7, 11) is -7.14. The first-order chi connectivity index (χ1) is 6.70. The Morgan fingerprint density at radius 3 is 1.87 bits per heavy atom. The highest BCUT2D eigenvalue weighted by Crippen LogP contribution is 1.92. The zero-order valence-corrected chi connectivity index (χ0v) is 9.88. The minimum atomic E-state index is -3.79. The minimum absolute atomic E-state index is 0.494. The van der Waals surface area contributed by atoms with Gasteiger partial charge in [-0.2, -0.15) is 0 Å². The first-order valence-corrected chi connectivity index (χ1v) is 7.81. The van der Waals surface area contributed by atoms with Crippen LogP contribution in [0.15, 0.2) is 0 Å². The maximum atomic E-state index is 11.2. The largest absolute Gasteiger partial charge is 0.395 e. The maximum Gasteiger partial charge on any atom is 0.213 e. The quantitative estimate of drug-likeness (QED) is 0.459. The molecule has 0 aliphatic rings. The third-order valence-corrected chi connectivity index (χ3v) is 4.15. The van der Waals surface area contributed by atoms with E-state index >= 15 is 0 Å². The van der Waals surface area contributed by atoms with E-state index in [1.54, 1.807) is 0 Å². The zero-order chi connectivity index (χ0) is 12.1. The second kappa shape index (κ2) is 5.75. The van der Waals surface area contributed by atoms with Gasteiger partial charge in [-0.1, -0.05) is 0 Å². The van der Waals surface area contributed by atoms with Gasteiger partial charge in [-0.15, -0.1) is 0 Å². The van der Waals surface area contributed by atoms with Crippen LogP contribution < -0.4 is 4.72 Å². The molecule has 92 valence electrons. The van der Waals surface area contributed by atoms with E-state index in [0.29, 0.717) is 0 Å². The van der Waals surface area contributed by atoms with E-state index in [0.717, 1.165) is 6.26 Å². The molecule has 0 saturated carbocycles. The zero-order valence-electron chi connectivity index (χ0n) is 8.25. The Morgan fingerprint density at radius 1 is 1.07 bits per heavy atom. The van der Waals surface area contributed by atoms with Crippen molar-refractivity contribution < 1.29 is 27.0 Å². The highest BCUT2D eigenvalue weighted by molar-refractivity contribution is 7.93. The van der Waals surface area contributed by atoms with Gasteiger partial charge in [-0.25, -0.2) is 21.6 Å². The van der Waals surface area contributed by atoms with Crippen LogP contribution in [-0.4, -0.2) is 64.1 Å². The Morgan fingerprint density at radius 2 is 1.53 bits per heavy atom. The molecule has 3 N–H and O–H groups in total. The predicted molar refractivity (Wildman–Crippen MR) is 54.6 cm³/mol. The van der Waals surface area contributed by atoms with Crippen LogP contribution in [0.3, 0.4) is 0 Å². The van der Waals surface area contributed by atoms with E-state index in [9.17, 15) is 16.8 Å². The van der Waals surface area contributed by atoms with E-state index in [-0.39, 0.29) is 0 Å². The molecule has 0 aromatic heterocycles. The van der Waals surface area contributed by atoms with Gasteiger partial charge in [0.15, 0.2) is 0 Å². The molecule has 0 aliphatic carbocycles. The second-order valence-electron chi connectivity index (χ2n) is 3.13. The van der Waals surface area contributed by atoms with Crippen LogP contribution in [0, 0.1) is 0 Å². The average molecular weight is 261 g/mol. The summed E-state index contributed by atoms with van der Waals surface area (Å²) in [6.07, 6.45) is 0.929. The molecule has 7 nitrogen and oxygen atoms in total. The van der Waals surface area contributed by atoms with Gasteiger partial charge in [0.25, 0.3) is 0 Å². The van der Waals surface area contributed by atoms with Crippen molar-refractivity contribution in [1.29, 1.82) is 0 Å². The average Bonchev–Trinajstić information content (AvgIpc) is 2.10. The first kappa shape index (κ1) is 14.8. The van der Waals surface area contributed by atoms with Crippen molar-refractivity contribution in [2.75, 3.05) is 31.0 Å². The van der Waals surface area contributed by atoms with Crippen molar-refractivity contribution in [2.45, 2.75) is 6.04 Å². The third kappa shape index (κ3) is 7.68. The number of aliphatic hydroxyl groups is 2. The lowest BCUT2D eigenvalue weighted by atomic mass is 10.4. The Balaban J connectivity index is 4.32. The lowest BCUT2D eigenvalue weighted by molar-refractivity contribution is 0.185. The number of nitrogens with one attached hydrogen (secondary N) is 1. The SMILES string of the molecule is CS(=O)(=O)CCS(=O)(=O)NC(CO)CO. The van der Waals surface area contributed by atoms with Gasteiger partial charge in [-0.05, 0) is 0 Å². The topological polar surface area (TPSA) is 121 Å². The van der Waals surface area contributed by atoms with Crippen molar-refractivity contribution in [3.8, 4) is 0 Å². The van der Waals surface area contributed by atoms with E-state index < -0.39 is 50.6 Å². The van der Waals surface area contributed by atoms with Gasteiger partial charge < -0.3 is 10.2 Å². The van der Waals surface area contributed by atoms with E-state index in [4.69, 9.17) is 10.2 Å². The van der Waals surface area contributed by atoms with Crippen molar-refractivity contribution in [3.05, 3.63) is 0 Å². The fourth-order valence-electron chi connectivity index (χ4n) is 0.706. The molecule has 0 heterocycles. The Bertz CT molecular complexity index is 368. The van der Waals surface area contributed by atoms with Crippen molar-refractivity contribution in [1.82, 2.24) is 4.72 Å². The Labute approximate surface area is 89.1 Å².